The number of aromatic nitrogens is 1. The van der Waals surface area contributed by atoms with Gasteiger partial charge in [-0.05, 0) is 62.1 Å². The molecule has 0 saturated carbocycles. The highest BCUT2D eigenvalue weighted by Crippen LogP contribution is 2.22. The molecule has 2 heterocycles. The van der Waals surface area contributed by atoms with E-state index in [0.29, 0.717) is 18.7 Å². The summed E-state index contributed by atoms with van der Waals surface area (Å²) in [5, 5.41) is 9.84. The van der Waals surface area contributed by atoms with Gasteiger partial charge in [-0.25, -0.2) is 0 Å². The first-order valence-electron chi connectivity index (χ1n) is 13.5. The van der Waals surface area contributed by atoms with Crippen molar-refractivity contribution in [3.05, 3.63) is 53.3 Å². The molecule has 0 saturated heterocycles. The summed E-state index contributed by atoms with van der Waals surface area (Å²) in [7, 11) is 0. The summed E-state index contributed by atoms with van der Waals surface area (Å²) in [6.45, 7) is 1.25. The Balaban J connectivity index is 1.18. The number of nitrogens with one attached hydrogen (secondary N) is 4. The number of carbonyl (C=O) groups excluding carboxylic acids is 5. The number of unbranched alkanes of at least 4 members (excludes halogenated alkanes) is 3. The van der Waals surface area contributed by atoms with Gasteiger partial charge in [0.25, 0.3) is 0 Å². The van der Waals surface area contributed by atoms with Crippen LogP contribution in [0.15, 0.2) is 36.4 Å². The number of hydrogen-bond acceptors (Lipinski definition) is 7. The van der Waals surface area contributed by atoms with Crippen LogP contribution in [0.2, 0.25) is 0 Å². The molecular formula is C28H37N5O6S. The van der Waals surface area contributed by atoms with Gasteiger partial charge in [-0.3, -0.25) is 24.0 Å². The van der Waals surface area contributed by atoms with E-state index in [-0.39, 0.29) is 43.0 Å². The molecule has 40 heavy (non-hydrogen) atoms. The molecule has 4 N–H and O–H groups in total. The Labute approximate surface area is 239 Å². The lowest BCUT2D eigenvalue weighted by molar-refractivity contribution is -0.128. The Morgan fingerprint density at radius 2 is 1.38 bits per heavy atom. The Hall–Kier alpha value is -3.80. The van der Waals surface area contributed by atoms with E-state index in [2.05, 4.69) is 38.5 Å². The second kappa shape index (κ2) is 16.3. The minimum absolute atomic E-state index is 0.0334. The van der Waals surface area contributed by atoms with Crippen LogP contribution >= 0.6 is 12.6 Å². The maximum Gasteiger partial charge on any atom is 0.239 e. The van der Waals surface area contributed by atoms with Crippen LogP contribution in [0.5, 0.6) is 5.75 Å². The summed E-state index contributed by atoms with van der Waals surface area (Å²) in [5.74, 6) is -0.992. The maximum atomic E-state index is 12.8. The average molecular weight is 572 g/mol. The Morgan fingerprint density at radius 1 is 0.750 bits per heavy atom. The smallest absolute Gasteiger partial charge is 0.239 e. The van der Waals surface area contributed by atoms with Gasteiger partial charge < -0.3 is 30.6 Å². The first-order valence-corrected chi connectivity index (χ1v) is 14.1. The van der Waals surface area contributed by atoms with Crippen molar-refractivity contribution in [2.75, 3.05) is 38.5 Å². The predicted octanol–water partition coefficient (Wildman–Crippen LogP) is 0.999. The highest BCUT2D eigenvalue weighted by molar-refractivity contribution is 7.81. The van der Waals surface area contributed by atoms with Gasteiger partial charge in [0.15, 0.2) is 0 Å². The third-order valence-electron chi connectivity index (χ3n) is 6.38. The number of hydrogen-bond donors (Lipinski definition) is 5. The fourth-order valence-corrected chi connectivity index (χ4v) is 4.35. The van der Waals surface area contributed by atoms with E-state index in [1.807, 2.05) is 24.3 Å². The van der Waals surface area contributed by atoms with E-state index in [0.717, 1.165) is 56.5 Å². The van der Waals surface area contributed by atoms with E-state index in [4.69, 9.17) is 4.74 Å². The Morgan fingerprint density at radius 3 is 2.05 bits per heavy atom. The Bertz CT molecular complexity index is 1180. The van der Waals surface area contributed by atoms with E-state index in [1.165, 1.54) is 5.69 Å². The molecular weight excluding hydrogens is 534 g/mol. The maximum absolute atomic E-state index is 12.8. The van der Waals surface area contributed by atoms with Gasteiger partial charge >= 0.3 is 0 Å². The molecule has 2 aromatic rings. The number of ether oxygens (including phenoxy) is 1. The largest absolute Gasteiger partial charge is 0.494 e. The van der Waals surface area contributed by atoms with Crippen molar-refractivity contribution in [1.29, 1.82) is 0 Å². The van der Waals surface area contributed by atoms with Crippen LogP contribution in [-0.4, -0.2) is 72.5 Å². The summed E-state index contributed by atoms with van der Waals surface area (Å²) >= 11 is 3.77. The van der Waals surface area contributed by atoms with E-state index >= 15 is 0 Å². The average Bonchev–Trinajstić information content (AvgIpc) is 3.59. The quantitative estimate of drug-likeness (QED) is 0.109. The molecule has 0 aliphatic carbocycles. The standard InChI is InChI=1S/C28H37N5O6S/c34-24(16-30-25(35)17-31-26(36)18-32-27(37)19-40)29-13-3-1-2-4-15-39-22-10-7-20(8-11-22)28(38)23-12-9-21-6-5-14-33(21)23/h7-12,40H,1-6,13-19H2,(H,29,34)(H,30,35)(H,31,36)(H,32,37). The second-order valence-electron chi connectivity index (χ2n) is 9.42. The molecule has 3 rings (SSSR count). The molecule has 0 fully saturated rings. The summed E-state index contributed by atoms with van der Waals surface area (Å²) in [5.41, 5.74) is 2.63. The molecule has 1 aliphatic heterocycles. The lowest BCUT2D eigenvalue weighted by Gasteiger charge is -2.09. The van der Waals surface area contributed by atoms with Crippen molar-refractivity contribution < 1.29 is 28.7 Å². The first kappa shape index (κ1) is 30.7. The Kier molecular flexibility index (Phi) is 12.6. The number of nitrogens with zero attached hydrogens (tertiary/aromatic N) is 1. The number of thiol groups is 1. The third-order valence-corrected chi connectivity index (χ3v) is 6.67. The molecule has 11 nitrogen and oxygen atoms in total. The zero-order valence-corrected chi connectivity index (χ0v) is 23.4. The first-order chi connectivity index (χ1) is 19.4. The molecule has 0 unspecified atom stereocenters. The van der Waals surface area contributed by atoms with Crippen molar-refractivity contribution >= 4 is 42.0 Å². The van der Waals surface area contributed by atoms with E-state index < -0.39 is 11.8 Å². The zero-order chi connectivity index (χ0) is 28.7. The highest BCUT2D eigenvalue weighted by Gasteiger charge is 2.19. The molecule has 1 aliphatic rings. The number of aryl methyl sites for hydroxylation is 1. The fraction of sp³-hybridized carbons (Fsp3) is 0.464. The van der Waals surface area contributed by atoms with Crippen LogP contribution in [0.25, 0.3) is 0 Å². The van der Waals surface area contributed by atoms with Gasteiger partial charge in [0, 0.05) is 24.3 Å². The zero-order valence-electron chi connectivity index (χ0n) is 22.5. The van der Waals surface area contributed by atoms with E-state index in [9.17, 15) is 24.0 Å². The van der Waals surface area contributed by atoms with Crippen molar-refractivity contribution in [3.8, 4) is 5.75 Å². The van der Waals surface area contributed by atoms with Gasteiger partial charge in [0.2, 0.25) is 29.4 Å². The second-order valence-corrected chi connectivity index (χ2v) is 9.74. The molecule has 0 spiro atoms. The van der Waals surface area contributed by atoms with Crippen LogP contribution in [0, 0.1) is 0 Å². The SMILES string of the molecule is O=C(CS)NCC(=O)NCC(=O)NCC(=O)NCCCCCCOc1ccc(C(=O)c2ccc3n2CCC3)cc1. The van der Waals surface area contributed by atoms with Crippen LogP contribution in [0.1, 0.15) is 53.8 Å². The van der Waals surface area contributed by atoms with Crippen LogP contribution in [0.4, 0.5) is 0 Å². The van der Waals surface area contributed by atoms with E-state index in [1.54, 1.807) is 12.1 Å². The molecule has 12 heteroatoms. The van der Waals surface area contributed by atoms with Crippen LogP contribution < -0.4 is 26.0 Å². The number of carbonyl (C=O) groups is 5. The lowest BCUT2D eigenvalue weighted by atomic mass is 10.1. The number of ketones is 1. The van der Waals surface area contributed by atoms with Crippen molar-refractivity contribution in [2.24, 2.45) is 0 Å². The number of rotatable bonds is 17. The molecule has 0 radical (unpaired) electrons. The number of fused-ring (bicyclic) bond motifs is 1. The molecule has 1 aromatic heterocycles. The van der Waals surface area contributed by atoms with Crippen molar-refractivity contribution in [2.45, 2.75) is 45.1 Å². The summed E-state index contributed by atoms with van der Waals surface area (Å²) in [6.07, 6.45) is 5.64. The third kappa shape index (κ3) is 10.1. The fourth-order valence-electron chi connectivity index (χ4n) is 4.24. The van der Waals surface area contributed by atoms with Gasteiger partial charge in [0.1, 0.15) is 5.75 Å². The van der Waals surface area contributed by atoms with Gasteiger partial charge in [-0.2, -0.15) is 12.6 Å². The molecule has 216 valence electrons. The molecule has 0 bridgehead atoms. The summed E-state index contributed by atoms with van der Waals surface area (Å²) in [6, 6.07) is 11.2. The number of benzene rings is 1. The van der Waals surface area contributed by atoms with Gasteiger partial charge in [-0.15, -0.1) is 0 Å². The number of amides is 4. The minimum Gasteiger partial charge on any atom is -0.494 e. The molecule has 1 aromatic carbocycles. The summed E-state index contributed by atoms with van der Waals surface area (Å²) < 4.78 is 7.90. The van der Waals surface area contributed by atoms with Crippen molar-refractivity contribution in [1.82, 2.24) is 25.8 Å². The topological polar surface area (TPSA) is 148 Å². The normalized spacial score (nSPS) is 11.8. The van der Waals surface area contributed by atoms with Crippen molar-refractivity contribution in [3.63, 3.8) is 0 Å². The minimum atomic E-state index is -0.513. The highest BCUT2D eigenvalue weighted by atomic mass is 32.1. The predicted molar refractivity (Wildman–Crippen MR) is 152 cm³/mol. The van der Waals surface area contributed by atoms with Gasteiger partial charge in [-0.1, -0.05) is 12.8 Å². The van der Waals surface area contributed by atoms with Crippen LogP contribution in [0.3, 0.4) is 0 Å². The molecule has 0 atom stereocenters. The van der Waals surface area contributed by atoms with Crippen LogP contribution in [-0.2, 0) is 32.1 Å². The van der Waals surface area contributed by atoms with Gasteiger partial charge in [0.05, 0.1) is 37.7 Å². The summed E-state index contributed by atoms with van der Waals surface area (Å²) in [4.78, 5) is 59.0. The molecule has 4 amide bonds. The lowest BCUT2D eigenvalue weighted by Crippen LogP contribution is -2.44. The monoisotopic (exact) mass is 571 g/mol.